The van der Waals surface area contributed by atoms with Crippen LogP contribution in [0.15, 0.2) is 48.5 Å². The van der Waals surface area contributed by atoms with Crippen LogP contribution in [0.3, 0.4) is 0 Å². The van der Waals surface area contributed by atoms with E-state index in [9.17, 15) is 14.4 Å². The van der Waals surface area contributed by atoms with Crippen LogP contribution in [0.1, 0.15) is 31.8 Å². The molecule has 0 bridgehead atoms. The van der Waals surface area contributed by atoms with E-state index < -0.39 is 6.16 Å². The number of ether oxygens (including phenoxy) is 2. The van der Waals surface area contributed by atoms with E-state index in [-0.39, 0.29) is 13.2 Å². The summed E-state index contributed by atoms with van der Waals surface area (Å²) in [6.07, 6.45) is 0.711. The van der Waals surface area contributed by atoms with Crippen molar-refractivity contribution in [2.45, 2.75) is 13.2 Å². The Morgan fingerprint density at radius 1 is 0.727 bits per heavy atom. The van der Waals surface area contributed by atoms with Crippen molar-refractivity contribution in [2.24, 2.45) is 0 Å². The fourth-order valence-electron chi connectivity index (χ4n) is 1.71. The minimum atomic E-state index is -0.779. The van der Waals surface area contributed by atoms with Gasteiger partial charge in [-0.05, 0) is 11.1 Å². The van der Waals surface area contributed by atoms with Crippen LogP contribution in [0.4, 0.5) is 4.79 Å². The van der Waals surface area contributed by atoms with Gasteiger partial charge in [0.2, 0.25) is 0 Å². The molecule has 22 heavy (non-hydrogen) atoms. The van der Waals surface area contributed by atoms with Crippen LogP contribution in [-0.2, 0) is 22.7 Å². The van der Waals surface area contributed by atoms with Crippen LogP contribution in [0.5, 0.6) is 0 Å². The van der Waals surface area contributed by atoms with Gasteiger partial charge in [0.25, 0.3) is 0 Å². The molecule has 0 heterocycles. The first kappa shape index (κ1) is 15.4. The molecule has 0 N–H and O–H groups in total. The Labute approximate surface area is 127 Å². The van der Waals surface area contributed by atoms with Crippen LogP contribution in [-0.4, -0.2) is 18.7 Å². The molecule has 0 aliphatic carbocycles. The molecule has 2 rings (SSSR count). The van der Waals surface area contributed by atoms with Gasteiger partial charge < -0.3 is 9.47 Å². The molecule has 5 nitrogen and oxygen atoms in total. The second-order valence-electron chi connectivity index (χ2n) is 4.55. The SMILES string of the molecule is O=Cc1ccc(COC(=O)OCc2ccc(C=O)cc2)cc1. The van der Waals surface area contributed by atoms with Gasteiger partial charge in [-0.1, -0.05) is 48.5 Å². The molecule has 0 aliphatic heterocycles. The summed E-state index contributed by atoms with van der Waals surface area (Å²) in [4.78, 5) is 32.5. The van der Waals surface area contributed by atoms with Crippen molar-refractivity contribution in [1.29, 1.82) is 0 Å². The maximum atomic E-state index is 11.5. The summed E-state index contributed by atoms with van der Waals surface area (Å²) in [6.45, 7) is 0.143. The Balaban J connectivity index is 1.77. The molecule has 0 saturated heterocycles. The summed E-state index contributed by atoms with van der Waals surface area (Å²) in [5.41, 5.74) is 2.64. The van der Waals surface area contributed by atoms with E-state index in [4.69, 9.17) is 9.47 Å². The monoisotopic (exact) mass is 298 g/mol. The molecule has 0 fully saturated rings. The maximum Gasteiger partial charge on any atom is 0.508 e. The number of hydrogen-bond donors (Lipinski definition) is 0. The minimum absolute atomic E-state index is 0.0715. The van der Waals surface area contributed by atoms with Gasteiger partial charge >= 0.3 is 6.16 Å². The fourth-order valence-corrected chi connectivity index (χ4v) is 1.71. The van der Waals surface area contributed by atoms with Crippen molar-refractivity contribution in [1.82, 2.24) is 0 Å². The second-order valence-corrected chi connectivity index (χ2v) is 4.55. The van der Waals surface area contributed by atoms with Crippen LogP contribution in [0.2, 0.25) is 0 Å². The first-order valence-electron chi connectivity index (χ1n) is 6.59. The molecule has 112 valence electrons. The van der Waals surface area contributed by atoms with Crippen molar-refractivity contribution in [3.8, 4) is 0 Å². The third-order valence-electron chi connectivity index (χ3n) is 2.94. The van der Waals surface area contributed by atoms with Crippen LogP contribution in [0.25, 0.3) is 0 Å². The Bertz CT molecular complexity index is 586. The standard InChI is InChI=1S/C17H14O5/c18-9-13-1-5-15(6-2-13)11-21-17(20)22-12-16-7-3-14(10-19)4-8-16/h1-10H,11-12H2. The van der Waals surface area contributed by atoms with Gasteiger partial charge in [0.1, 0.15) is 25.8 Å². The summed E-state index contributed by atoms with van der Waals surface area (Å²) in [7, 11) is 0. The molecular formula is C17H14O5. The Morgan fingerprint density at radius 2 is 1.09 bits per heavy atom. The second kappa shape index (κ2) is 7.73. The lowest BCUT2D eigenvalue weighted by Gasteiger charge is -2.06. The van der Waals surface area contributed by atoms with Crippen LogP contribution < -0.4 is 0 Å². The highest BCUT2D eigenvalue weighted by molar-refractivity contribution is 5.75. The van der Waals surface area contributed by atoms with E-state index in [1.54, 1.807) is 48.5 Å². The van der Waals surface area contributed by atoms with Crippen molar-refractivity contribution >= 4 is 18.7 Å². The van der Waals surface area contributed by atoms with Gasteiger partial charge in [-0.2, -0.15) is 0 Å². The molecule has 0 atom stereocenters. The normalized spacial score (nSPS) is 9.82. The number of hydrogen-bond acceptors (Lipinski definition) is 5. The van der Waals surface area contributed by atoms with Crippen molar-refractivity contribution < 1.29 is 23.9 Å². The third kappa shape index (κ3) is 4.56. The van der Waals surface area contributed by atoms with Gasteiger partial charge in [0, 0.05) is 11.1 Å². The summed E-state index contributed by atoms with van der Waals surface area (Å²) in [5, 5.41) is 0. The fraction of sp³-hybridized carbons (Fsp3) is 0.118. The first-order chi connectivity index (χ1) is 10.7. The molecule has 2 aromatic carbocycles. The largest absolute Gasteiger partial charge is 0.508 e. The van der Waals surface area contributed by atoms with Gasteiger partial charge in [-0.15, -0.1) is 0 Å². The third-order valence-corrected chi connectivity index (χ3v) is 2.94. The predicted octanol–water partition coefficient (Wildman–Crippen LogP) is 3.17. The Hall–Kier alpha value is -2.95. The number of rotatable bonds is 6. The van der Waals surface area contributed by atoms with Crippen molar-refractivity contribution in [2.75, 3.05) is 0 Å². The number of benzene rings is 2. The topological polar surface area (TPSA) is 69.7 Å². The van der Waals surface area contributed by atoms with Crippen molar-refractivity contribution in [3.63, 3.8) is 0 Å². The number of carbonyl (C=O) groups is 3. The molecule has 0 unspecified atom stereocenters. The number of aldehydes is 2. The van der Waals surface area contributed by atoms with Crippen molar-refractivity contribution in [3.05, 3.63) is 70.8 Å². The zero-order valence-corrected chi connectivity index (χ0v) is 11.7. The van der Waals surface area contributed by atoms with Gasteiger partial charge in [-0.3, -0.25) is 9.59 Å². The summed E-state index contributed by atoms with van der Waals surface area (Å²) < 4.78 is 9.93. The lowest BCUT2D eigenvalue weighted by molar-refractivity contribution is 0.0446. The zero-order valence-electron chi connectivity index (χ0n) is 11.7. The van der Waals surface area contributed by atoms with E-state index in [0.29, 0.717) is 11.1 Å². The summed E-state index contributed by atoms with van der Waals surface area (Å²) >= 11 is 0. The van der Waals surface area contributed by atoms with E-state index in [1.165, 1.54) is 0 Å². The molecule has 0 spiro atoms. The molecule has 0 aliphatic rings. The Kier molecular flexibility index (Phi) is 5.43. The highest BCUT2D eigenvalue weighted by Crippen LogP contribution is 2.07. The van der Waals surface area contributed by atoms with Crippen LogP contribution >= 0.6 is 0 Å². The average molecular weight is 298 g/mol. The van der Waals surface area contributed by atoms with Crippen LogP contribution in [0, 0.1) is 0 Å². The van der Waals surface area contributed by atoms with Gasteiger partial charge in [0.15, 0.2) is 0 Å². The quantitative estimate of drug-likeness (QED) is 0.605. The number of carbonyl (C=O) groups excluding carboxylic acids is 3. The molecule has 2 aromatic rings. The van der Waals surface area contributed by atoms with Gasteiger partial charge in [0.05, 0.1) is 0 Å². The summed E-state index contributed by atoms with van der Waals surface area (Å²) in [6, 6.07) is 13.4. The minimum Gasteiger partial charge on any atom is -0.429 e. The van der Waals surface area contributed by atoms with E-state index in [2.05, 4.69) is 0 Å². The van der Waals surface area contributed by atoms with E-state index in [0.717, 1.165) is 23.7 Å². The van der Waals surface area contributed by atoms with E-state index in [1.807, 2.05) is 0 Å². The molecule has 0 radical (unpaired) electrons. The summed E-state index contributed by atoms with van der Waals surface area (Å²) in [5.74, 6) is 0. The lowest BCUT2D eigenvalue weighted by atomic mass is 10.2. The zero-order chi connectivity index (χ0) is 15.8. The molecule has 5 heteroatoms. The maximum absolute atomic E-state index is 11.5. The lowest BCUT2D eigenvalue weighted by Crippen LogP contribution is -2.07. The molecule has 0 amide bonds. The first-order valence-corrected chi connectivity index (χ1v) is 6.59. The average Bonchev–Trinajstić information content (AvgIpc) is 2.59. The highest BCUT2D eigenvalue weighted by Gasteiger charge is 2.05. The van der Waals surface area contributed by atoms with E-state index >= 15 is 0 Å². The predicted molar refractivity (Wildman–Crippen MR) is 78.6 cm³/mol. The van der Waals surface area contributed by atoms with Gasteiger partial charge in [-0.25, -0.2) is 4.79 Å². The highest BCUT2D eigenvalue weighted by atomic mass is 16.7. The molecule has 0 aromatic heterocycles. The Morgan fingerprint density at radius 3 is 1.41 bits per heavy atom. The molecule has 0 saturated carbocycles. The molecular weight excluding hydrogens is 284 g/mol. The smallest absolute Gasteiger partial charge is 0.429 e.